The predicted molar refractivity (Wildman–Crippen MR) is 463 cm³/mol. The molecule has 18 rings (SSSR count). The molecule has 0 bridgehead atoms. The summed E-state index contributed by atoms with van der Waals surface area (Å²) in [4.78, 5) is 102. The van der Waals surface area contributed by atoms with Gasteiger partial charge in [0, 0.05) is 150 Å². The number of nitrogens with zero attached hydrogens (tertiary/aromatic N) is 21. The number of amides is 4. The van der Waals surface area contributed by atoms with Crippen LogP contribution in [0, 0.1) is 27.7 Å². The van der Waals surface area contributed by atoms with Gasteiger partial charge < -0.3 is 35.6 Å². The van der Waals surface area contributed by atoms with Gasteiger partial charge >= 0.3 is 0 Å². The minimum Gasteiger partial charge on any atom is -0.439 e. The van der Waals surface area contributed by atoms with Crippen molar-refractivity contribution in [1.29, 1.82) is 0 Å². The van der Waals surface area contributed by atoms with Crippen LogP contribution >= 0.6 is 15.9 Å². The van der Waals surface area contributed by atoms with Gasteiger partial charge in [0.05, 0.1) is 111 Å². The van der Waals surface area contributed by atoms with Gasteiger partial charge in [-0.05, 0) is 213 Å². The van der Waals surface area contributed by atoms with E-state index < -0.39 is 0 Å². The van der Waals surface area contributed by atoms with Gasteiger partial charge in [-0.2, -0.15) is 20.4 Å². The number of ether oxygens (including phenoxy) is 2. The molecule has 122 heavy (non-hydrogen) atoms. The molecule has 0 aliphatic carbocycles. The molecular formula is C90H74BrN25O6. The van der Waals surface area contributed by atoms with E-state index in [0.717, 1.165) is 114 Å². The van der Waals surface area contributed by atoms with E-state index in [-0.39, 0.29) is 23.6 Å². The standard InChI is InChI=1S/C26H20N6O2.C24H23N7O2.C20H15BrN6O.C20H16N6O/c1-18-14-23(19-6-5-13-27-15-19)31-32(18)21-10-11-24(28-17-21)30-26(33)20-9-12-25(29-16-20)34-22-7-3-2-4-8-22;1-17-13-21(18-3-2-8-25-14-18)29-31(17)20-5-6-22(26-16-20)28-24(32)19-4-7-23(27-15-19)30-9-11-33-12-10-30;1-13-7-18(14-3-2-6-22-9-14)26-27(13)17-4-5-19(24-12-17)25-20(28)15-8-16(21)11-23-10-15;1-14-10-18(15-4-2-8-21-11-15)26(25-14)17-6-7-19(23-13-17)24-20(27)16-5-3-9-22-12-16/h2-17H,1H3,(H,28,30,33);2-8,13-16H,9-12H2,1H3,(H,26,28,32);2-12H,1H3,(H,24,25,28);2-13H,1H3,(H,23,24,27). The number of rotatable bonds is 19. The molecule has 1 aromatic carbocycles. The summed E-state index contributed by atoms with van der Waals surface area (Å²) in [5.74, 6) is 2.62. The summed E-state index contributed by atoms with van der Waals surface area (Å²) in [6, 6.07) is 59.2. The zero-order valence-corrected chi connectivity index (χ0v) is 67.5. The first-order valence-corrected chi connectivity index (χ1v) is 38.9. The molecule has 17 heterocycles. The highest BCUT2D eigenvalue weighted by molar-refractivity contribution is 9.10. The smallest absolute Gasteiger partial charge is 0.258 e. The Bertz CT molecular complexity index is 6380. The van der Waals surface area contributed by atoms with E-state index in [1.807, 2.05) is 171 Å². The Morgan fingerprint density at radius 2 is 0.762 bits per heavy atom. The first-order valence-electron chi connectivity index (χ1n) is 38.1. The lowest BCUT2D eigenvalue weighted by Gasteiger charge is -2.27. The summed E-state index contributed by atoms with van der Waals surface area (Å²) in [5.41, 5.74) is 16.0. The van der Waals surface area contributed by atoms with Crippen molar-refractivity contribution in [3.63, 3.8) is 0 Å². The SMILES string of the molecule is Cc1cc(-c2cccnc2)n(-c2ccc(NC(=O)c3cccnc3)nc2)n1.Cc1cc(-c2cccnc2)nn1-c1ccc(NC(=O)c2ccc(N3CCOCC3)nc2)nc1.Cc1cc(-c2cccnc2)nn1-c1ccc(NC(=O)c2ccc(Oc3ccccc3)nc2)nc1.Cc1cc(-c2cccnc2)nn1-c1ccc(NC(=O)c2cncc(Br)c2)nc1. The lowest BCUT2D eigenvalue weighted by atomic mass is 10.2. The largest absolute Gasteiger partial charge is 0.439 e. The van der Waals surface area contributed by atoms with Crippen LogP contribution in [-0.4, -0.2) is 149 Å². The van der Waals surface area contributed by atoms with E-state index in [4.69, 9.17) is 9.47 Å². The predicted octanol–water partition coefficient (Wildman–Crippen LogP) is 15.5. The Balaban J connectivity index is 0.000000127. The quantitative estimate of drug-likeness (QED) is 0.0584. The van der Waals surface area contributed by atoms with Crippen molar-refractivity contribution in [2.45, 2.75) is 27.7 Å². The van der Waals surface area contributed by atoms with Crippen LogP contribution < -0.4 is 30.9 Å². The summed E-state index contributed by atoms with van der Waals surface area (Å²) in [6.45, 7) is 10.8. The normalized spacial score (nSPS) is 11.4. The van der Waals surface area contributed by atoms with Crippen LogP contribution in [0.3, 0.4) is 0 Å². The molecule has 32 heteroatoms. The van der Waals surface area contributed by atoms with Crippen molar-refractivity contribution in [1.82, 2.24) is 98.9 Å². The summed E-state index contributed by atoms with van der Waals surface area (Å²) < 4.78 is 19.0. The molecule has 4 amide bonds. The third-order valence-electron chi connectivity index (χ3n) is 18.5. The number of benzene rings is 1. The van der Waals surface area contributed by atoms with E-state index in [9.17, 15) is 19.2 Å². The minimum atomic E-state index is -0.312. The maximum absolute atomic E-state index is 12.6. The molecule has 0 spiro atoms. The minimum absolute atomic E-state index is 0.255. The number of halogens is 1. The van der Waals surface area contributed by atoms with Crippen LogP contribution in [0.25, 0.3) is 67.8 Å². The molecule has 0 unspecified atom stereocenters. The van der Waals surface area contributed by atoms with Crippen LogP contribution in [0.4, 0.5) is 29.1 Å². The van der Waals surface area contributed by atoms with Crippen molar-refractivity contribution >= 4 is 68.6 Å². The maximum atomic E-state index is 12.6. The third kappa shape index (κ3) is 20.8. The number of aromatic nitrogens is 20. The molecule has 1 aliphatic rings. The van der Waals surface area contributed by atoms with Crippen LogP contribution in [0.1, 0.15) is 64.2 Å². The molecule has 602 valence electrons. The monoisotopic (exact) mass is 1680 g/mol. The summed E-state index contributed by atoms with van der Waals surface area (Å²) in [7, 11) is 0. The van der Waals surface area contributed by atoms with Crippen LogP contribution in [0.5, 0.6) is 11.6 Å². The molecule has 31 nitrogen and oxygen atoms in total. The highest BCUT2D eigenvalue weighted by Gasteiger charge is 2.19. The van der Waals surface area contributed by atoms with Gasteiger partial charge in [-0.3, -0.25) is 49.1 Å². The van der Waals surface area contributed by atoms with Gasteiger partial charge in [-0.15, -0.1) is 0 Å². The van der Waals surface area contributed by atoms with Gasteiger partial charge in [-0.1, -0.05) is 18.2 Å². The number of carbonyl (C=O) groups excluding carboxylic acids is 4. The highest BCUT2D eigenvalue weighted by atomic mass is 79.9. The van der Waals surface area contributed by atoms with Crippen molar-refractivity contribution in [2.24, 2.45) is 0 Å². The summed E-state index contributed by atoms with van der Waals surface area (Å²) in [5, 5.41) is 29.6. The Kier molecular flexibility index (Phi) is 25.7. The van der Waals surface area contributed by atoms with Crippen molar-refractivity contribution < 1.29 is 28.7 Å². The number of hydrogen-bond acceptors (Lipinski definition) is 23. The molecule has 4 N–H and O–H groups in total. The number of nitrogens with one attached hydrogen (secondary N) is 4. The zero-order valence-electron chi connectivity index (χ0n) is 65.9. The number of pyridine rings is 12. The molecule has 16 aromatic heterocycles. The first kappa shape index (κ1) is 80.9. The Morgan fingerprint density at radius 1 is 0.352 bits per heavy atom. The average molecular weight is 1680 g/mol. The van der Waals surface area contributed by atoms with E-state index in [1.54, 1.807) is 163 Å². The second-order valence-corrected chi connectivity index (χ2v) is 28.1. The number of anilines is 5. The number of para-hydroxylation sites is 1. The molecule has 1 saturated heterocycles. The fraction of sp³-hybridized carbons (Fsp3) is 0.0889. The lowest BCUT2D eigenvalue weighted by molar-refractivity contribution is 0.101. The molecule has 0 saturated carbocycles. The molecule has 17 aromatic rings. The number of carbonyl (C=O) groups is 4. The Morgan fingerprint density at radius 3 is 1.16 bits per heavy atom. The molecule has 0 radical (unpaired) electrons. The van der Waals surface area contributed by atoms with Crippen LogP contribution in [0.2, 0.25) is 0 Å². The number of aryl methyl sites for hydroxylation is 4. The fourth-order valence-electron chi connectivity index (χ4n) is 12.4. The van der Waals surface area contributed by atoms with Crippen molar-refractivity contribution in [3.05, 3.63) is 355 Å². The van der Waals surface area contributed by atoms with Crippen LogP contribution in [-0.2, 0) is 4.74 Å². The fourth-order valence-corrected chi connectivity index (χ4v) is 12.8. The topological polar surface area (TPSA) is 364 Å². The average Bonchev–Trinajstić information content (AvgIpc) is 1.68. The van der Waals surface area contributed by atoms with Gasteiger partial charge in [0.25, 0.3) is 23.6 Å². The van der Waals surface area contributed by atoms with E-state index >= 15 is 0 Å². The van der Waals surface area contributed by atoms with Crippen molar-refractivity contribution in [3.8, 4) is 79.4 Å². The van der Waals surface area contributed by atoms with E-state index in [1.165, 1.54) is 18.6 Å². The molecular weight excluding hydrogens is 1610 g/mol. The van der Waals surface area contributed by atoms with E-state index in [0.29, 0.717) is 70.4 Å². The first-order chi connectivity index (χ1) is 59.6. The van der Waals surface area contributed by atoms with E-state index in [2.05, 4.69) is 122 Å². The lowest BCUT2D eigenvalue weighted by Crippen LogP contribution is -2.36. The maximum Gasteiger partial charge on any atom is 0.258 e. The Hall–Kier alpha value is -16.2. The van der Waals surface area contributed by atoms with Gasteiger partial charge in [0.15, 0.2) is 0 Å². The number of hydrogen-bond donors (Lipinski definition) is 4. The zero-order chi connectivity index (χ0) is 84.1. The Labute approximate surface area is 707 Å². The van der Waals surface area contributed by atoms with Crippen LogP contribution in [0.15, 0.2) is 310 Å². The van der Waals surface area contributed by atoms with Gasteiger partial charge in [0.1, 0.15) is 34.8 Å². The molecule has 1 aliphatic heterocycles. The third-order valence-corrected chi connectivity index (χ3v) is 18.9. The summed E-state index contributed by atoms with van der Waals surface area (Å²) in [6.07, 6.45) is 30.1. The molecule has 1 fully saturated rings. The van der Waals surface area contributed by atoms with Gasteiger partial charge in [-0.25, -0.2) is 48.6 Å². The summed E-state index contributed by atoms with van der Waals surface area (Å²) >= 11 is 3.31. The van der Waals surface area contributed by atoms with Gasteiger partial charge in [0.2, 0.25) is 5.88 Å². The van der Waals surface area contributed by atoms with Crippen molar-refractivity contribution in [2.75, 3.05) is 52.5 Å². The molecule has 0 atom stereocenters. The second-order valence-electron chi connectivity index (χ2n) is 27.2. The highest BCUT2D eigenvalue weighted by Crippen LogP contribution is 2.29. The second kappa shape index (κ2) is 38.7. The number of morpholine rings is 1.